The fraction of sp³-hybridized carbons (Fsp3) is 0.333. The largest absolute Gasteiger partial charge is 0.355 e. The maximum absolute atomic E-state index is 11.6. The maximum Gasteiger partial charge on any atom is 0.236 e. The van der Waals surface area contributed by atoms with Crippen molar-refractivity contribution in [3.05, 3.63) is 48.5 Å². The van der Waals surface area contributed by atoms with Gasteiger partial charge in [-0.2, -0.15) is 0 Å². The van der Waals surface area contributed by atoms with Gasteiger partial charge in [0.05, 0.1) is 12.4 Å². The first-order valence-corrected chi connectivity index (χ1v) is 6.79. The number of aromatic nitrogens is 2. The van der Waals surface area contributed by atoms with Crippen molar-refractivity contribution < 1.29 is 4.79 Å². The van der Waals surface area contributed by atoms with E-state index in [1.165, 1.54) is 0 Å². The molecule has 1 aromatic carbocycles. The van der Waals surface area contributed by atoms with Crippen LogP contribution in [0.15, 0.2) is 43.0 Å². The van der Waals surface area contributed by atoms with Crippen LogP contribution in [-0.4, -0.2) is 28.0 Å². The first kappa shape index (κ1) is 14.3. The molecular weight excluding hydrogens is 252 g/mol. The Morgan fingerprint density at radius 1 is 1.35 bits per heavy atom. The van der Waals surface area contributed by atoms with Gasteiger partial charge in [-0.15, -0.1) is 0 Å². The summed E-state index contributed by atoms with van der Waals surface area (Å²) in [6.45, 7) is 5.11. The van der Waals surface area contributed by atoms with Crippen molar-refractivity contribution in [3.63, 3.8) is 0 Å². The minimum atomic E-state index is -0.191. The number of carbonyl (C=O) groups excluding carboxylic acids is 1. The van der Waals surface area contributed by atoms with Gasteiger partial charge in [-0.05, 0) is 31.5 Å². The lowest BCUT2D eigenvalue weighted by molar-refractivity contribution is -0.122. The molecule has 5 nitrogen and oxygen atoms in total. The molecule has 2 rings (SSSR count). The van der Waals surface area contributed by atoms with Crippen LogP contribution in [0.3, 0.4) is 0 Å². The van der Waals surface area contributed by atoms with Crippen LogP contribution in [0, 0.1) is 0 Å². The van der Waals surface area contributed by atoms with Crippen molar-refractivity contribution in [2.45, 2.75) is 26.4 Å². The minimum Gasteiger partial charge on any atom is -0.355 e. The first-order valence-electron chi connectivity index (χ1n) is 6.79. The van der Waals surface area contributed by atoms with E-state index < -0.39 is 0 Å². The lowest BCUT2D eigenvalue weighted by Crippen LogP contribution is -2.41. The maximum atomic E-state index is 11.6. The average molecular weight is 272 g/mol. The van der Waals surface area contributed by atoms with E-state index in [9.17, 15) is 4.79 Å². The zero-order valence-corrected chi connectivity index (χ0v) is 11.8. The van der Waals surface area contributed by atoms with Gasteiger partial charge in [0.15, 0.2) is 0 Å². The number of benzene rings is 1. The van der Waals surface area contributed by atoms with Gasteiger partial charge < -0.3 is 15.2 Å². The summed E-state index contributed by atoms with van der Waals surface area (Å²) in [5, 5.41) is 6.00. The second kappa shape index (κ2) is 6.86. The van der Waals surface area contributed by atoms with Gasteiger partial charge in [-0.25, -0.2) is 4.98 Å². The van der Waals surface area contributed by atoms with Crippen LogP contribution in [-0.2, 0) is 11.3 Å². The van der Waals surface area contributed by atoms with Crippen LogP contribution in [0.25, 0.3) is 5.69 Å². The number of likely N-dealkylation sites (N-methyl/N-ethyl adjacent to an activating group) is 1. The molecule has 0 aliphatic carbocycles. The third-order valence-corrected chi connectivity index (χ3v) is 3.10. The molecule has 0 saturated carbocycles. The van der Waals surface area contributed by atoms with Crippen LogP contribution in [0.2, 0.25) is 0 Å². The van der Waals surface area contributed by atoms with Crippen LogP contribution in [0.4, 0.5) is 0 Å². The highest BCUT2D eigenvalue weighted by Gasteiger charge is 2.10. The van der Waals surface area contributed by atoms with E-state index in [0.29, 0.717) is 13.1 Å². The predicted octanol–water partition coefficient (Wildman–Crippen LogP) is 1.49. The van der Waals surface area contributed by atoms with Crippen LogP contribution in [0.5, 0.6) is 0 Å². The van der Waals surface area contributed by atoms with Gasteiger partial charge in [0, 0.05) is 31.2 Å². The van der Waals surface area contributed by atoms with E-state index in [1.807, 2.05) is 48.9 Å². The summed E-state index contributed by atoms with van der Waals surface area (Å²) in [4.78, 5) is 15.6. The minimum absolute atomic E-state index is 0.0301. The molecule has 0 spiro atoms. The normalized spacial score (nSPS) is 12.1. The lowest BCUT2D eigenvalue weighted by Gasteiger charge is -2.13. The van der Waals surface area contributed by atoms with Crippen LogP contribution in [0.1, 0.15) is 19.4 Å². The van der Waals surface area contributed by atoms with Gasteiger partial charge in [-0.3, -0.25) is 4.79 Å². The molecule has 0 radical (unpaired) electrons. The van der Waals surface area contributed by atoms with Gasteiger partial charge in [0.1, 0.15) is 0 Å². The highest BCUT2D eigenvalue weighted by molar-refractivity contribution is 5.81. The number of hydrogen-bond acceptors (Lipinski definition) is 3. The second-order valence-corrected chi connectivity index (χ2v) is 4.63. The zero-order chi connectivity index (χ0) is 14.4. The van der Waals surface area contributed by atoms with Gasteiger partial charge >= 0.3 is 0 Å². The Labute approximate surface area is 119 Å². The second-order valence-electron chi connectivity index (χ2n) is 4.63. The Morgan fingerprint density at radius 2 is 2.10 bits per heavy atom. The van der Waals surface area contributed by atoms with Crippen molar-refractivity contribution in [2.24, 2.45) is 0 Å². The number of imidazole rings is 1. The summed E-state index contributed by atoms with van der Waals surface area (Å²) in [6, 6.07) is 7.98. The molecule has 1 atom stereocenters. The van der Waals surface area contributed by atoms with Gasteiger partial charge in [0.25, 0.3) is 0 Å². The molecule has 0 fully saturated rings. The molecular formula is C15H20N4O. The van der Waals surface area contributed by atoms with E-state index >= 15 is 0 Å². The molecule has 1 amide bonds. The third-order valence-electron chi connectivity index (χ3n) is 3.10. The molecule has 1 unspecified atom stereocenters. The van der Waals surface area contributed by atoms with Gasteiger partial charge in [-0.1, -0.05) is 12.1 Å². The van der Waals surface area contributed by atoms with Crippen molar-refractivity contribution in [2.75, 3.05) is 6.54 Å². The summed E-state index contributed by atoms with van der Waals surface area (Å²) in [6.07, 6.45) is 5.43. The van der Waals surface area contributed by atoms with Crippen molar-refractivity contribution in [1.82, 2.24) is 20.2 Å². The Hall–Kier alpha value is -2.14. The van der Waals surface area contributed by atoms with Crippen molar-refractivity contribution in [1.29, 1.82) is 0 Å². The van der Waals surface area contributed by atoms with Crippen molar-refractivity contribution in [3.8, 4) is 5.69 Å². The Morgan fingerprint density at radius 3 is 2.70 bits per heavy atom. The Balaban J connectivity index is 1.90. The standard InChI is InChI=1S/C15H20N4O/c1-3-17-15(20)12(2)18-10-13-4-6-14(7-5-13)19-9-8-16-11-19/h4-9,11-12,18H,3,10H2,1-2H3,(H,17,20). The number of hydrogen-bond donors (Lipinski definition) is 2. The first-order chi connectivity index (χ1) is 9.70. The summed E-state index contributed by atoms with van der Waals surface area (Å²) in [5.74, 6) is 0.0301. The molecule has 1 heterocycles. The molecule has 0 aliphatic heterocycles. The average Bonchev–Trinajstić information content (AvgIpc) is 2.99. The fourth-order valence-corrected chi connectivity index (χ4v) is 1.89. The summed E-state index contributed by atoms with van der Waals surface area (Å²) in [7, 11) is 0. The summed E-state index contributed by atoms with van der Waals surface area (Å²) in [5.41, 5.74) is 2.22. The van der Waals surface area contributed by atoms with E-state index in [1.54, 1.807) is 12.5 Å². The number of rotatable bonds is 6. The molecule has 0 saturated heterocycles. The fourth-order valence-electron chi connectivity index (χ4n) is 1.89. The molecule has 20 heavy (non-hydrogen) atoms. The number of carbonyl (C=O) groups is 1. The zero-order valence-electron chi connectivity index (χ0n) is 11.8. The molecule has 2 N–H and O–H groups in total. The third kappa shape index (κ3) is 3.68. The predicted molar refractivity (Wildman–Crippen MR) is 78.5 cm³/mol. The molecule has 106 valence electrons. The smallest absolute Gasteiger partial charge is 0.236 e. The topological polar surface area (TPSA) is 59.0 Å². The van der Waals surface area contributed by atoms with E-state index in [-0.39, 0.29) is 11.9 Å². The summed E-state index contributed by atoms with van der Waals surface area (Å²) >= 11 is 0. The molecule has 5 heteroatoms. The van der Waals surface area contributed by atoms with E-state index in [0.717, 1.165) is 11.3 Å². The quantitative estimate of drug-likeness (QED) is 0.837. The Kier molecular flexibility index (Phi) is 4.90. The number of amides is 1. The summed E-state index contributed by atoms with van der Waals surface area (Å²) < 4.78 is 1.95. The van der Waals surface area contributed by atoms with Crippen LogP contribution >= 0.6 is 0 Å². The SMILES string of the molecule is CCNC(=O)C(C)NCc1ccc(-n2ccnc2)cc1. The molecule has 0 aliphatic rings. The van der Waals surface area contributed by atoms with Crippen LogP contribution < -0.4 is 10.6 Å². The monoisotopic (exact) mass is 272 g/mol. The number of nitrogens with one attached hydrogen (secondary N) is 2. The molecule has 1 aromatic heterocycles. The van der Waals surface area contributed by atoms with Crippen molar-refractivity contribution >= 4 is 5.91 Å². The molecule has 0 bridgehead atoms. The Bertz CT molecular complexity index is 534. The highest BCUT2D eigenvalue weighted by atomic mass is 16.2. The molecule has 2 aromatic rings. The van der Waals surface area contributed by atoms with E-state index in [4.69, 9.17) is 0 Å². The number of nitrogens with zero attached hydrogens (tertiary/aromatic N) is 2. The highest BCUT2D eigenvalue weighted by Crippen LogP contribution is 2.09. The van der Waals surface area contributed by atoms with E-state index in [2.05, 4.69) is 15.6 Å². The van der Waals surface area contributed by atoms with Gasteiger partial charge in [0.2, 0.25) is 5.91 Å². The lowest BCUT2D eigenvalue weighted by atomic mass is 10.2.